The molecule has 2 aromatic heterocycles. The molecule has 1 fully saturated rings. The SMILES string of the molecule is COCCC1(C)OCc2c(N3CCOCC3C)nc(-c3ccc4c(N)noc4c3)nc21. The molecule has 1 saturated heterocycles. The highest BCUT2D eigenvalue weighted by Crippen LogP contribution is 2.43. The Hall–Kier alpha value is -2.75. The van der Waals surface area contributed by atoms with Crippen LogP contribution in [0.2, 0.25) is 0 Å². The number of anilines is 2. The molecule has 0 spiro atoms. The zero-order chi connectivity index (χ0) is 21.6. The third-order valence-corrected chi connectivity index (χ3v) is 6.20. The lowest BCUT2D eigenvalue weighted by Gasteiger charge is -2.35. The van der Waals surface area contributed by atoms with E-state index in [4.69, 9.17) is 34.4 Å². The number of aromatic nitrogens is 3. The highest BCUT2D eigenvalue weighted by molar-refractivity contribution is 5.89. The van der Waals surface area contributed by atoms with Crippen molar-refractivity contribution in [2.24, 2.45) is 0 Å². The average Bonchev–Trinajstić information content (AvgIpc) is 3.32. The zero-order valence-corrected chi connectivity index (χ0v) is 18.1. The molecule has 5 rings (SSSR count). The summed E-state index contributed by atoms with van der Waals surface area (Å²) in [6, 6.07) is 5.94. The smallest absolute Gasteiger partial charge is 0.174 e. The van der Waals surface area contributed by atoms with Gasteiger partial charge in [-0.3, -0.25) is 0 Å². The Kier molecular flexibility index (Phi) is 5.04. The molecule has 0 radical (unpaired) electrons. The Morgan fingerprint density at radius 1 is 1.32 bits per heavy atom. The van der Waals surface area contributed by atoms with Gasteiger partial charge in [-0.1, -0.05) is 11.2 Å². The Labute approximate surface area is 180 Å². The van der Waals surface area contributed by atoms with Gasteiger partial charge in [-0.2, -0.15) is 0 Å². The average molecular weight is 425 g/mol. The summed E-state index contributed by atoms with van der Waals surface area (Å²) in [6.45, 7) is 7.40. The van der Waals surface area contributed by atoms with E-state index >= 15 is 0 Å². The van der Waals surface area contributed by atoms with Crippen molar-refractivity contribution in [3.8, 4) is 11.4 Å². The van der Waals surface area contributed by atoms with Gasteiger partial charge in [0.1, 0.15) is 11.4 Å². The predicted octanol–water partition coefficient (Wildman–Crippen LogP) is 2.87. The molecule has 31 heavy (non-hydrogen) atoms. The van der Waals surface area contributed by atoms with Gasteiger partial charge in [0.25, 0.3) is 0 Å². The molecule has 2 N–H and O–H groups in total. The molecule has 3 aromatic rings. The molecule has 9 heteroatoms. The minimum absolute atomic E-state index is 0.211. The Morgan fingerprint density at radius 2 is 2.19 bits per heavy atom. The van der Waals surface area contributed by atoms with Crippen LogP contribution in [-0.4, -0.2) is 54.6 Å². The van der Waals surface area contributed by atoms with Gasteiger partial charge in [0.05, 0.1) is 36.9 Å². The van der Waals surface area contributed by atoms with E-state index in [1.54, 1.807) is 7.11 Å². The minimum atomic E-state index is -0.534. The van der Waals surface area contributed by atoms with Crippen LogP contribution in [0, 0.1) is 0 Å². The first kappa shape index (κ1) is 20.2. The number of methoxy groups -OCH3 is 1. The lowest BCUT2D eigenvalue weighted by molar-refractivity contribution is -0.0448. The van der Waals surface area contributed by atoms with Crippen molar-refractivity contribution in [3.05, 3.63) is 29.5 Å². The van der Waals surface area contributed by atoms with Gasteiger partial charge in [-0.05, 0) is 26.0 Å². The van der Waals surface area contributed by atoms with Gasteiger partial charge < -0.3 is 29.4 Å². The Bertz CT molecular complexity index is 1120. The fraction of sp³-hybridized carbons (Fsp3) is 0.500. The molecular formula is C22H27N5O4. The summed E-state index contributed by atoms with van der Waals surface area (Å²) < 4.78 is 22.6. The van der Waals surface area contributed by atoms with Crippen molar-refractivity contribution < 1.29 is 18.7 Å². The third kappa shape index (κ3) is 3.42. The second-order valence-electron chi connectivity index (χ2n) is 8.36. The standard InChI is InChI=1S/C22H27N5O4/c1-13-11-29-9-7-27(13)21-16-12-30-22(2,6-8-28-3)18(16)24-20(25-21)14-4-5-15-17(10-14)31-26-19(15)23/h4-5,10,13H,6-9,11-12H2,1-3H3,(H2,23,26). The summed E-state index contributed by atoms with van der Waals surface area (Å²) in [6.07, 6.45) is 0.711. The van der Waals surface area contributed by atoms with E-state index < -0.39 is 5.60 Å². The van der Waals surface area contributed by atoms with Crippen LogP contribution in [0.5, 0.6) is 0 Å². The van der Waals surface area contributed by atoms with E-state index in [0.717, 1.165) is 34.6 Å². The fourth-order valence-electron chi connectivity index (χ4n) is 4.33. The Morgan fingerprint density at radius 3 is 3.00 bits per heavy atom. The van der Waals surface area contributed by atoms with Crippen LogP contribution in [0.15, 0.2) is 22.7 Å². The number of morpholine rings is 1. The molecule has 9 nitrogen and oxygen atoms in total. The first-order chi connectivity index (χ1) is 15.0. The van der Waals surface area contributed by atoms with Gasteiger partial charge in [0, 0.05) is 37.8 Å². The van der Waals surface area contributed by atoms with E-state index in [-0.39, 0.29) is 6.04 Å². The molecule has 2 unspecified atom stereocenters. The maximum atomic E-state index is 6.26. The number of nitrogens with zero attached hydrogens (tertiary/aromatic N) is 4. The summed E-state index contributed by atoms with van der Waals surface area (Å²) in [7, 11) is 1.70. The van der Waals surface area contributed by atoms with Crippen molar-refractivity contribution in [2.45, 2.75) is 38.5 Å². The topological polar surface area (TPSA) is 109 Å². The van der Waals surface area contributed by atoms with Gasteiger partial charge >= 0.3 is 0 Å². The molecule has 2 aliphatic rings. The molecule has 0 aliphatic carbocycles. The normalized spacial score (nSPS) is 23.5. The van der Waals surface area contributed by atoms with Crippen LogP contribution in [0.25, 0.3) is 22.4 Å². The van der Waals surface area contributed by atoms with Gasteiger partial charge in [-0.15, -0.1) is 0 Å². The van der Waals surface area contributed by atoms with Crippen molar-refractivity contribution >= 4 is 22.6 Å². The lowest BCUT2D eigenvalue weighted by Crippen LogP contribution is -2.44. The number of rotatable bonds is 5. The van der Waals surface area contributed by atoms with E-state index in [0.29, 0.717) is 50.1 Å². The largest absolute Gasteiger partial charge is 0.385 e. The minimum Gasteiger partial charge on any atom is -0.385 e. The lowest BCUT2D eigenvalue weighted by atomic mass is 9.96. The molecule has 164 valence electrons. The number of hydrogen-bond acceptors (Lipinski definition) is 9. The van der Waals surface area contributed by atoms with Crippen LogP contribution in [0.4, 0.5) is 11.6 Å². The quantitative estimate of drug-likeness (QED) is 0.660. The van der Waals surface area contributed by atoms with Gasteiger partial charge in [0.15, 0.2) is 17.2 Å². The van der Waals surface area contributed by atoms with E-state index in [1.807, 2.05) is 18.2 Å². The van der Waals surface area contributed by atoms with E-state index in [9.17, 15) is 0 Å². The summed E-state index contributed by atoms with van der Waals surface area (Å²) in [4.78, 5) is 12.3. The van der Waals surface area contributed by atoms with Crippen LogP contribution in [0.1, 0.15) is 31.5 Å². The predicted molar refractivity (Wildman–Crippen MR) is 116 cm³/mol. The van der Waals surface area contributed by atoms with Crippen LogP contribution >= 0.6 is 0 Å². The van der Waals surface area contributed by atoms with Crippen molar-refractivity contribution in [3.63, 3.8) is 0 Å². The van der Waals surface area contributed by atoms with E-state index in [1.165, 1.54) is 0 Å². The van der Waals surface area contributed by atoms with Crippen molar-refractivity contribution in [1.82, 2.24) is 15.1 Å². The van der Waals surface area contributed by atoms with Gasteiger partial charge in [-0.25, -0.2) is 9.97 Å². The van der Waals surface area contributed by atoms with Crippen LogP contribution < -0.4 is 10.6 Å². The van der Waals surface area contributed by atoms with E-state index in [2.05, 4.69) is 23.9 Å². The maximum Gasteiger partial charge on any atom is 0.174 e. The second kappa shape index (κ2) is 7.74. The Balaban J connectivity index is 1.66. The molecule has 1 aromatic carbocycles. The molecule has 0 amide bonds. The third-order valence-electron chi connectivity index (χ3n) is 6.20. The number of benzene rings is 1. The number of nitrogen functional groups attached to an aromatic ring is 1. The molecule has 0 bridgehead atoms. The summed E-state index contributed by atoms with van der Waals surface area (Å²) in [5.41, 5.74) is 8.75. The number of hydrogen-bond donors (Lipinski definition) is 1. The van der Waals surface area contributed by atoms with Crippen molar-refractivity contribution in [2.75, 3.05) is 44.1 Å². The zero-order valence-electron chi connectivity index (χ0n) is 18.1. The van der Waals surface area contributed by atoms with Crippen LogP contribution in [0.3, 0.4) is 0 Å². The number of ether oxygens (including phenoxy) is 3. The monoisotopic (exact) mass is 425 g/mol. The first-order valence-corrected chi connectivity index (χ1v) is 10.5. The highest BCUT2D eigenvalue weighted by atomic mass is 16.5. The maximum absolute atomic E-state index is 6.26. The van der Waals surface area contributed by atoms with Gasteiger partial charge in [0.2, 0.25) is 0 Å². The number of nitrogens with two attached hydrogens (primary N) is 1. The molecule has 0 saturated carbocycles. The molecule has 4 heterocycles. The highest BCUT2D eigenvalue weighted by Gasteiger charge is 2.41. The van der Waals surface area contributed by atoms with Crippen molar-refractivity contribution in [1.29, 1.82) is 0 Å². The summed E-state index contributed by atoms with van der Waals surface area (Å²) in [5, 5.41) is 4.63. The molecular weight excluding hydrogens is 398 g/mol. The second-order valence-corrected chi connectivity index (χ2v) is 8.36. The number of fused-ring (bicyclic) bond motifs is 2. The summed E-state index contributed by atoms with van der Waals surface area (Å²) >= 11 is 0. The first-order valence-electron chi connectivity index (χ1n) is 10.5. The molecule has 2 aliphatic heterocycles. The fourth-order valence-corrected chi connectivity index (χ4v) is 4.33. The van der Waals surface area contributed by atoms with Crippen LogP contribution in [-0.2, 0) is 26.4 Å². The summed E-state index contributed by atoms with van der Waals surface area (Å²) in [5.74, 6) is 1.91. The molecule has 2 atom stereocenters.